The largest absolute Gasteiger partial charge is 0.347 e. The van der Waals surface area contributed by atoms with Crippen molar-refractivity contribution in [2.75, 3.05) is 19.0 Å². The molecule has 0 amide bonds. The first kappa shape index (κ1) is 15.5. The summed E-state index contributed by atoms with van der Waals surface area (Å²) in [7, 11) is 4.08. The first-order valence-electron chi connectivity index (χ1n) is 6.72. The molecular formula is C15H20BrN3S. The van der Waals surface area contributed by atoms with E-state index in [4.69, 9.17) is 4.98 Å². The summed E-state index contributed by atoms with van der Waals surface area (Å²) in [5.41, 5.74) is 2.50. The van der Waals surface area contributed by atoms with Crippen LogP contribution in [0, 0.1) is 0 Å². The van der Waals surface area contributed by atoms with Crippen LogP contribution in [0.3, 0.4) is 0 Å². The van der Waals surface area contributed by atoms with Gasteiger partial charge in [0, 0.05) is 29.5 Å². The Morgan fingerprint density at radius 3 is 2.60 bits per heavy atom. The van der Waals surface area contributed by atoms with Crippen LogP contribution >= 0.6 is 27.3 Å². The summed E-state index contributed by atoms with van der Waals surface area (Å²) < 4.78 is 1.11. The minimum absolute atomic E-state index is 0.878. The SMILES string of the molecule is CCc1nc(N(C)Cc2ccc(Br)cc2)sc1CNC. The number of anilines is 1. The molecular weight excluding hydrogens is 334 g/mol. The monoisotopic (exact) mass is 353 g/mol. The van der Waals surface area contributed by atoms with Crippen LogP contribution in [0.25, 0.3) is 0 Å². The van der Waals surface area contributed by atoms with E-state index in [1.54, 1.807) is 11.3 Å². The molecule has 0 aliphatic carbocycles. The molecule has 3 nitrogen and oxygen atoms in total. The fourth-order valence-corrected chi connectivity index (χ4v) is 3.42. The van der Waals surface area contributed by atoms with Crippen molar-refractivity contribution in [1.82, 2.24) is 10.3 Å². The third-order valence-corrected chi connectivity index (χ3v) is 4.84. The summed E-state index contributed by atoms with van der Waals surface area (Å²) in [4.78, 5) is 8.31. The maximum Gasteiger partial charge on any atom is 0.185 e. The van der Waals surface area contributed by atoms with Crippen molar-refractivity contribution < 1.29 is 0 Å². The highest BCUT2D eigenvalue weighted by atomic mass is 79.9. The van der Waals surface area contributed by atoms with Crippen LogP contribution in [0.4, 0.5) is 5.13 Å². The number of hydrogen-bond donors (Lipinski definition) is 1. The molecule has 0 radical (unpaired) electrons. The second kappa shape index (κ2) is 7.20. The predicted octanol–water partition coefficient (Wildman–Crippen LogP) is 3.82. The topological polar surface area (TPSA) is 28.2 Å². The van der Waals surface area contributed by atoms with E-state index in [2.05, 4.69) is 64.4 Å². The fourth-order valence-electron chi connectivity index (χ4n) is 2.04. The first-order valence-corrected chi connectivity index (χ1v) is 8.33. The Labute approximate surface area is 133 Å². The van der Waals surface area contributed by atoms with Crippen LogP contribution in [-0.4, -0.2) is 19.1 Å². The van der Waals surface area contributed by atoms with E-state index in [-0.39, 0.29) is 0 Å². The van der Waals surface area contributed by atoms with Gasteiger partial charge in [-0.3, -0.25) is 0 Å². The number of rotatable bonds is 6. The highest BCUT2D eigenvalue weighted by Gasteiger charge is 2.12. The third kappa shape index (κ3) is 3.81. The molecule has 0 fully saturated rings. The zero-order valence-electron chi connectivity index (χ0n) is 12.1. The lowest BCUT2D eigenvalue weighted by Gasteiger charge is -2.15. The molecule has 20 heavy (non-hydrogen) atoms. The highest BCUT2D eigenvalue weighted by molar-refractivity contribution is 9.10. The van der Waals surface area contributed by atoms with Gasteiger partial charge < -0.3 is 10.2 Å². The molecule has 0 aliphatic rings. The molecule has 0 spiro atoms. The minimum atomic E-state index is 0.878. The minimum Gasteiger partial charge on any atom is -0.347 e. The van der Waals surface area contributed by atoms with Gasteiger partial charge >= 0.3 is 0 Å². The van der Waals surface area contributed by atoms with Gasteiger partial charge in [0.05, 0.1) is 5.69 Å². The van der Waals surface area contributed by atoms with Gasteiger partial charge in [-0.05, 0) is 31.2 Å². The van der Waals surface area contributed by atoms with Gasteiger partial charge in [0.2, 0.25) is 0 Å². The smallest absolute Gasteiger partial charge is 0.185 e. The van der Waals surface area contributed by atoms with E-state index < -0.39 is 0 Å². The molecule has 0 atom stereocenters. The number of nitrogens with one attached hydrogen (secondary N) is 1. The zero-order chi connectivity index (χ0) is 14.5. The van der Waals surface area contributed by atoms with Gasteiger partial charge in [-0.25, -0.2) is 4.98 Å². The van der Waals surface area contributed by atoms with E-state index in [0.29, 0.717) is 0 Å². The van der Waals surface area contributed by atoms with Gasteiger partial charge in [0.15, 0.2) is 5.13 Å². The molecule has 5 heteroatoms. The predicted molar refractivity (Wildman–Crippen MR) is 90.5 cm³/mol. The van der Waals surface area contributed by atoms with Crippen molar-refractivity contribution in [2.24, 2.45) is 0 Å². The number of benzene rings is 1. The van der Waals surface area contributed by atoms with E-state index >= 15 is 0 Å². The number of halogens is 1. The number of aromatic nitrogens is 1. The molecule has 1 aromatic carbocycles. The lowest BCUT2D eigenvalue weighted by Crippen LogP contribution is -2.16. The van der Waals surface area contributed by atoms with Crippen molar-refractivity contribution in [3.63, 3.8) is 0 Å². The molecule has 1 N–H and O–H groups in total. The quantitative estimate of drug-likeness (QED) is 0.855. The summed E-state index contributed by atoms with van der Waals surface area (Å²) in [5.74, 6) is 0. The van der Waals surface area contributed by atoms with Crippen LogP contribution in [0.1, 0.15) is 23.1 Å². The molecule has 1 heterocycles. The molecule has 0 unspecified atom stereocenters. The third-order valence-electron chi connectivity index (χ3n) is 3.10. The Balaban J connectivity index is 2.12. The molecule has 0 bridgehead atoms. The van der Waals surface area contributed by atoms with Crippen molar-refractivity contribution in [2.45, 2.75) is 26.4 Å². The highest BCUT2D eigenvalue weighted by Crippen LogP contribution is 2.27. The summed E-state index contributed by atoms with van der Waals surface area (Å²) in [6.07, 6.45) is 0.986. The van der Waals surface area contributed by atoms with Crippen molar-refractivity contribution in [3.8, 4) is 0 Å². The maximum absolute atomic E-state index is 4.76. The Morgan fingerprint density at radius 2 is 2.00 bits per heavy atom. The standard InChI is InChI=1S/C15H20BrN3S/c1-4-13-14(9-17-2)20-15(18-13)19(3)10-11-5-7-12(16)8-6-11/h5-8,17H,4,9-10H2,1-3H3. The molecule has 1 aromatic heterocycles. The Kier molecular flexibility index (Phi) is 5.57. The van der Waals surface area contributed by atoms with Gasteiger partial charge in [0.25, 0.3) is 0 Å². The number of nitrogens with zero attached hydrogens (tertiary/aromatic N) is 2. The summed E-state index contributed by atoms with van der Waals surface area (Å²) in [5, 5.41) is 4.31. The van der Waals surface area contributed by atoms with Crippen LogP contribution in [0.2, 0.25) is 0 Å². The van der Waals surface area contributed by atoms with Gasteiger partial charge in [-0.2, -0.15) is 0 Å². The van der Waals surface area contributed by atoms with Crippen molar-refractivity contribution in [1.29, 1.82) is 0 Å². The average molecular weight is 354 g/mol. The molecule has 2 aromatic rings. The molecule has 0 aliphatic heterocycles. The van der Waals surface area contributed by atoms with Gasteiger partial charge in [-0.1, -0.05) is 35.0 Å². The summed E-state index contributed by atoms with van der Waals surface area (Å²) >= 11 is 5.25. The van der Waals surface area contributed by atoms with Crippen LogP contribution in [0.5, 0.6) is 0 Å². The number of thiazole rings is 1. The average Bonchev–Trinajstić information content (AvgIpc) is 2.85. The van der Waals surface area contributed by atoms with Gasteiger partial charge in [0.1, 0.15) is 0 Å². The van der Waals surface area contributed by atoms with Crippen LogP contribution < -0.4 is 10.2 Å². The van der Waals surface area contributed by atoms with E-state index in [0.717, 1.165) is 29.1 Å². The molecule has 108 valence electrons. The zero-order valence-corrected chi connectivity index (χ0v) is 14.5. The maximum atomic E-state index is 4.76. The second-order valence-corrected chi connectivity index (χ2v) is 6.71. The molecule has 0 saturated carbocycles. The number of hydrogen-bond acceptors (Lipinski definition) is 4. The van der Waals surface area contributed by atoms with E-state index in [1.165, 1.54) is 16.1 Å². The second-order valence-electron chi connectivity index (χ2n) is 4.73. The van der Waals surface area contributed by atoms with Gasteiger partial charge in [-0.15, -0.1) is 11.3 Å². The van der Waals surface area contributed by atoms with E-state index in [1.807, 2.05) is 7.05 Å². The molecule has 0 saturated heterocycles. The molecule has 2 rings (SSSR count). The normalized spacial score (nSPS) is 10.8. The van der Waals surface area contributed by atoms with Crippen LogP contribution in [0.15, 0.2) is 28.7 Å². The Hall–Kier alpha value is -0.910. The Morgan fingerprint density at radius 1 is 1.30 bits per heavy atom. The van der Waals surface area contributed by atoms with Crippen molar-refractivity contribution in [3.05, 3.63) is 44.9 Å². The fraction of sp³-hybridized carbons (Fsp3) is 0.400. The lowest BCUT2D eigenvalue weighted by molar-refractivity contribution is 0.813. The van der Waals surface area contributed by atoms with E-state index in [9.17, 15) is 0 Å². The Bertz CT molecular complexity index is 551. The lowest BCUT2D eigenvalue weighted by atomic mass is 10.2. The first-order chi connectivity index (χ1) is 9.63. The van der Waals surface area contributed by atoms with Crippen LogP contribution in [-0.2, 0) is 19.5 Å². The summed E-state index contributed by atoms with van der Waals surface area (Å²) in [6, 6.07) is 8.44. The number of aryl methyl sites for hydroxylation is 1. The van der Waals surface area contributed by atoms with Crippen molar-refractivity contribution >= 4 is 32.4 Å². The summed E-state index contributed by atoms with van der Waals surface area (Å²) in [6.45, 7) is 3.93.